The molecule has 1 nitrogen and oxygen atoms in total. The average Bonchev–Trinajstić information content (AvgIpc) is 2.68. The van der Waals surface area contributed by atoms with E-state index in [-0.39, 0.29) is 0 Å². The van der Waals surface area contributed by atoms with Gasteiger partial charge in [-0.1, -0.05) is 44.9 Å². The zero-order valence-corrected chi connectivity index (χ0v) is 10.7. The lowest BCUT2D eigenvalue weighted by molar-refractivity contribution is 0.216. The van der Waals surface area contributed by atoms with Gasteiger partial charge in [0.05, 0.1) is 0 Å². The Bertz CT molecular complexity index is 218. The molecule has 16 heavy (non-hydrogen) atoms. The van der Waals surface area contributed by atoms with Crippen molar-refractivity contribution in [3.05, 3.63) is 0 Å². The lowest BCUT2D eigenvalue weighted by atomic mass is 9.85. The smallest absolute Gasteiger partial charge is 0.0187 e. The molecule has 3 aliphatic heterocycles. The molecule has 0 aromatic carbocycles. The molecule has 3 fully saturated rings. The summed E-state index contributed by atoms with van der Waals surface area (Å²) in [5, 5.41) is 4.16. The molecule has 0 aliphatic carbocycles. The number of rotatable bonds is 0. The second kappa shape index (κ2) is 4.33. The minimum absolute atomic E-state index is 0.574. The Hall–Kier alpha value is -0.0400. The van der Waals surface area contributed by atoms with E-state index < -0.39 is 0 Å². The van der Waals surface area contributed by atoms with Gasteiger partial charge in [-0.05, 0) is 38.5 Å². The summed E-state index contributed by atoms with van der Waals surface area (Å²) in [6.45, 7) is 0. The summed E-state index contributed by atoms with van der Waals surface area (Å²) in [5.74, 6) is 0. The van der Waals surface area contributed by atoms with Crippen LogP contribution in [0.5, 0.6) is 0 Å². The molecule has 1 heteroatoms. The first kappa shape index (κ1) is 11.1. The van der Waals surface area contributed by atoms with Crippen LogP contribution in [-0.2, 0) is 0 Å². The van der Waals surface area contributed by atoms with Crippen LogP contribution in [0.3, 0.4) is 0 Å². The Morgan fingerprint density at radius 2 is 0.812 bits per heavy atom. The van der Waals surface area contributed by atoms with E-state index in [4.69, 9.17) is 0 Å². The maximum atomic E-state index is 4.16. The molecule has 0 aromatic rings. The summed E-state index contributed by atoms with van der Waals surface area (Å²) >= 11 is 0. The van der Waals surface area contributed by atoms with Crippen molar-refractivity contribution in [2.45, 2.75) is 94.5 Å². The summed E-state index contributed by atoms with van der Waals surface area (Å²) in [6.07, 6.45) is 19.2. The zero-order valence-electron chi connectivity index (χ0n) is 10.7. The molecule has 92 valence electrons. The Morgan fingerprint density at radius 1 is 0.438 bits per heavy atom. The first-order valence-electron chi connectivity index (χ1n) is 7.62. The van der Waals surface area contributed by atoms with Crippen LogP contribution in [0.25, 0.3) is 0 Å². The normalized spacial score (nSPS) is 45.0. The number of nitrogens with one attached hydrogen (secondary N) is 1. The average molecular weight is 221 g/mol. The summed E-state index contributed by atoms with van der Waals surface area (Å²) in [7, 11) is 0. The standard InChI is InChI=1S/C15H27N/c1-2-5-9-15-11-7-3-6-10-14(16-15,8-4-1)12-13-15/h16H,1-13H2. The monoisotopic (exact) mass is 221 g/mol. The predicted molar refractivity (Wildman–Crippen MR) is 68.6 cm³/mol. The molecular formula is C15H27N. The fourth-order valence-electron chi connectivity index (χ4n) is 4.55. The largest absolute Gasteiger partial charge is 0.306 e. The first-order chi connectivity index (χ1) is 7.83. The number of hydrogen-bond donors (Lipinski definition) is 1. The van der Waals surface area contributed by atoms with Gasteiger partial charge in [0.2, 0.25) is 0 Å². The fraction of sp³-hybridized carbons (Fsp3) is 1.00. The third-order valence-electron chi connectivity index (χ3n) is 5.48. The molecule has 3 saturated heterocycles. The third kappa shape index (κ3) is 2.03. The van der Waals surface area contributed by atoms with E-state index in [1.165, 1.54) is 83.5 Å². The summed E-state index contributed by atoms with van der Waals surface area (Å²) in [4.78, 5) is 0. The second-order valence-electron chi connectivity index (χ2n) is 6.66. The molecule has 0 aromatic heterocycles. The minimum atomic E-state index is 0.574. The molecule has 2 atom stereocenters. The van der Waals surface area contributed by atoms with Crippen molar-refractivity contribution < 1.29 is 0 Å². The van der Waals surface area contributed by atoms with Crippen molar-refractivity contribution in [1.82, 2.24) is 5.32 Å². The maximum absolute atomic E-state index is 4.16. The quantitative estimate of drug-likeness (QED) is 0.647. The molecular weight excluding hydrogens is 194 g/mol. The van der Waals surface area contributed by atoms with Gasteiger partial charge < -0.3 is 5.32 Å². The van der Waals surface area contributed by atoms with Gasteiger partial charge in [-0.3, -0.25) is 0 Å². The van der Waals surface area contributed by atoms with Gasteiger partial charge in [0, 0.05) is 11.1 Å². The van der Waals surface area contributed by atoms with Crippen molar-refractivity contribution in [2.24, 2.45) is 0 Å². The van der Waals surface area contributed by atoms with Crippen LogP contribution in [0.2, 0.25) is 0 Å². The summed E-state index contributed by atoms with van der Waals surface area (Å²) in [5.41, 5.74) is 1.15. The Morgan fingerprint density at radius 3 is 1.25 bits per heavy atom. The van der Waals surface area contributed by atoms with E-state index in [1.807, 2.05) is 0 Å². The molecule has 0 amide bonds. The highest BCUT2D eigenvalue weighted by atomic mass is 15.1. The summed E-state index contributed by atoms with van der Waals surface area (Å²) < 4.78 is 0. The summed E-state index contributed by atoms with van der Waals surface area (Å²) in [6, 6.07) is 0. The van der Waals surface area contributed by atoms with Crippen LogP contribution >= 0.6 is 0 Å². The lowest BCUT2D eigenvalue weighted by Crippen LogP contribution is -2.51. The highest BCUT2D eigenvalue weighted by molar-refractivity contribution is 5.07. The van der Waals surface area contributed by atoms with Crippen LogP contribution in [0.15, 0.2) is 0 Å². The SMILES string of the molecule is C1CCCC23CCCCCC(CC1)(CC2)N3. The van der Waals surface area contributed by atoms with E-state index >= 15 is 0 Å². The number of hydrogen-bond acceptors (Lipinski definition) is 1. The molecule has 3 rings (SSSR count). The maximum Gasteiger partial charge on any atom is 0.0187 e. The van der Waals surface area contributed by atoms with Gasteiger partial charge in [0.1, 0.15) is 0 Å². The van der Waals surface area contributed by atoms with E-state index in [9.17, 15) is 0 Å². The van der Waals surface area contributed by atoms with Gasteiger partial charge >= 0.3 is 0 Å². The fourth-order valence-corrected chi connectivity index (χ4v) is 4.55. The van der Waals surface area contributed by atoms with Gasteiger partial charge in [-0.2, -0.15) is 0 Å². The van der Waals surface area contributed by atoms with Gasteiger partial charge in [-0.25, -0.2) is 0 Å². The van der Waals surface area contributed by atoms with Crippen LogP contribution < -0.4 is 5.32 Å². The Kier molecular flexibility index (Phi) is 2.99. The minimum Gasteiger partial charge on any atom is -0.306 e. The molecule has 2 bridgehead atoms. The topological polar surface area (TPSA) is 12.0 Å². The van der Waals surface area contributed by atoms with Crippen LogP contribution in [-0.4, -0.2) is 11.1 Å². The van der Waals surface area contributed by atoms with Crippen LogP contribution in [0.1, 0.15) is 83.5 Å². The van der Waals surface area contributed by atoms with Crippen molar-refractivity contribution in [2.75, 3.05) is 0 Å². The van der Waals surface area contributed by atoms with Crippen molar-refractivity contribution >= 4 is 0 Å². The van der Waals surface area contributed by atoms with E-state index in [0.29, 0.717) is 11.1 Å². The van der Waals surface area contributed by atoms with Crippen LogP contribution in [0.4, 0.5) is 0 Å². The molecule has 3 aliphatic rings. The molecule has 0 spiro atoms. The Labute approximate surface area is 100 Å². The highest BCUT2D eigenvalue weighted by Gasteiger charge is 2.46. The predicted octanol–water partition coefficient (Wildman–Crippen LogP) is 4.17. The van der Waals surface area contributed by atoms with Crippen molar-refractivity contribution in [3.63, 3.8) is 0 Å². The van der Waals surface area contributed by atoms with Crippen LogP contribution in [0, 0.1) is 0 Å². The van der Waals surface area contributed by atoms with Gasteiger partial charge in [0.15, 0.2) is 0 Å². The van der Waals surface area contributed by atoms with Crippen molar-refractivity contribution in [1.29, 1.82) is 0 Å². The molecule has 2 unspecified atom stereocenters. The van der Waals surface area contributed by atoms with E-state index in [1.54, 1.807) is 0 Å². The molecule has 0 radical (unpaired) electrons. The van der Waals surface area contributed by atoms with E-state index in [0.717, 1.165) is 0 Å². The molecule has 1 N–H and O–H groups in total. The van der Waals surface area contributed by atoms with Gasteiger partial charge in [-0.15, -0.1) is 0 Å². The lowest BCUT2D eigenvalue weighted by Gasteiger charge is -2.38. The Balaban J connectivity index is 1.84. The first-order valence-corrected chi connectivity index (χ1v) is 7.62. The van der Waals surface area contributed by atoms with Crippen molar-refractivity contribution in [3.8, 4) is 0 Å². The highest BCUT2D eigenvalue weighted by Crippen LogP contribution is 2.45. The molecule has 3 heterocycles. The second-order valence-corrected chi connectivity index (χ2v) is 6.66. The molecule has 0 saturated carbocycles. The zero-order chi connectivity index (χ0) is 10.9. The van der Waals surface area contributed by atoms with Gasteiger partial charge in [0.25, 0.3) is 0 Å². The van der Waals surface area contributed by atoms with E-state index in [2.05, 4.69) is 5.32 Å². The third-order valence-corrected chi connectivity index (χ3v) is 5.48.